The van der Waals surface area contributed by atoms with E-state index in [4.69, 9.17) is 5.21 Å². The van der Waals surface area contributed by atoms with E-state index in [0.29, 0.717) is 5.56 Å². The number of hydrogen-bond donors (Lipinski definition) is 1. The molecule has 0 bridgehead atoms. The molecule has 0 radical (unpaired) electrons. The second kappa shape index (κ2) is 3.67. The molecule has 1 rings (SSSR count). The van der Waals surface area contributed by atoms with E-state index in [1.807, 2.05) is 0 Å². The van der Waals surface area contributed by atoms with E-state index in [9.17, 15) is 4.39 Å². The maximum absolute atomic E-state index is 13.0. The second-order valence-electron chi connectivity index (χ2n) is 2.31. The second-order valence-corrected chi connectivity index (χ2v) is 3.23. The summed E-state index contributed by atoms with van der Waals surface area (Å²) >= 11 is 3.19. The van der Waals surface area contributed by atoms with E-state index in [0.717, 1.165) is 4.47 Å². The van der Waals surface area contributed by atoms with Crippen LogP contribution in [0.2, 0.25) is 0 Å². The Morgan fingerprint density at radius 1 is 1.58 bits per heavy atom. The molecular weight excluding hydrogens is 225 g/mol. The predicted octanol–water partition coefficient (Wildman–Crippen LogP) is 2.79. The Morgan fingerprint density at radius 2 is 2.25 bits per heavy atom. The Bertz CT molecular complexity index is 325. The molecule has 0 aliphatic rings. The number of hydrogen-bond acceptors (Lipinski definition) is 2. The summed E-state index contributed by atoms with van der Waals surface area (Å²) in [4.78, 5) is 0. The van der Waals surface area contributed by atoms with Gasteiger partial charge >= 0.3 is 0 Å². The van der Waals surface area contributed by atoms with Crippen molar-refractivity contribution in [3.8, 4) is 0 Å². The van der Waals surface area contributed by atoms with E-state index < -0.39 is 5.82 Å². The third-order valence-corrected chi connectivity index (χ3v) is 1.96. The summed E-state index contributed by atoms with van der Waals surface area (Å²) in [5.41, 5.74) is 0.556. The Morgan fingerprint density at radius 3 is 2.83 bits per heavy atom. The van der Waals surface area contributed by atoms with Crippen LogP contribution in [0.3, 0.4) is 0 Å². The van der Waals surface area contributed by atoms with Gasteiger partial charge in [0, 0.05) is 10.0 Å². The van der Waals surface area contributed by atoms with E-state index in [1.54, 1.807) is 12.1 Å². The molecule has 4 heteroatoms. The molecule has 1 aromatic rings. The van der Waals surface area contributed by atoms with Gasteiger partial charge in [-0.3, -0.25) is 0 Å². The number of oxime groups is 1. The molecule has 0 aromatic heterocycles. The van der Waals surface area contributed by atoms with Crippen molar-refractivity contribution < 1.29 is 9.60 Å². The molecule has 0 aliphatic heterocycles. The largest absolute Gasteiger partial charge is 0.411 e. The normalized spacial score (nSPS) is 11.8. The van der Waals surface area contributed by atoms with Gasteiger partial charge in [0.15, 0.2) is 0 Å². The summed E-state index contributed by atoms with van der Waals surface area (Å²) < 4.78 is 13.7. The van der Waals surface area contributed by atoms with Crippen molar-refractivity contribution in [1.29, 1.82) is 0 Å². The molecule has 1 N–H and O–H groups in total. The highest BCUT2D eigenvalue weighted by Gasteiger charge is 2.05. The Balaban J connectivity index is 3.23. The summed E-state index contributed by atoms with van der Waals surface area (Å²) in [5, 5.41) is 11.3. The van der Waals surface area contributed by atoms with Crippen LogP contribution < -0.4 is 0 Å². The third-order valence-electron chi connectivity index (χ3n) is 1.47. The first-order chi connectivity index (χ1) is 5.65. The van der Waals surface area contributed by atoms with Gasteiger partial charge in [-0.15, -0.1) is 0 Å². The van der Waals surface area contributed by atoms with Crippen LogP contribution in [0, 0.1) is 5.82 Å². The van der Waals surface area contributed by atoms with Crippen molar-refractivity contribution >= 4 is 21.6 Å². The third kappa shape index (κ3) is 1.82. The quantitative estimate of drug-likeness (QED) is 0.450. The fraction of sp³-hybridized carbons (Fsp3) is 0.125. The lowest BCUT2D eigenvalue weighted by Gasteiger charge is -2.00. The zero-order valence-corrected chi connectivity index (χ0v) is 7.97. The van der Waals surface area contributed by atoms with Crippen LogP contribution in [-0.4, -0.2) is 10.9 Å². The lowest BCUT2D eigenvalue weighted by Crippen LogP contribution is -1.98. The van der Waals surface area contributed by atoms with Gasteiger partial charge in [0.2, 0.25) is 0 Å². The molecule has 0 atom stereocenters. The molecule has 0 saturated carbocycles. The lowest BCUT2D eigenvalue weighted by atomic mass is 10.1. The maximum atomic E-state index is 13.0. The van der Waals surface area contributed by atoms with Gasteiger partial charge in [-0.2, -0.15) is 0 Å². The summed E-state index contributed by atoms with van der Waals surface area (Å²) in [6, 6.07) is 4.46. The summed E-state index contributed by atoms with van der Waals surface area (Å²) in [6.45, 7) is 1.53. The summed E-state index contributed by atoms with van der Waals surface area (Å²) in [6.07, 6.45) is 0. The Labute approximate surface area is 77.8 Å². The molecule has 0 spiro atoms. The molecular formula is C8H7BrFNO. The van der Waals surface area contributed by atoms with Crippen molar-refractivity contribution in [1.82, 2.24) is 0 Å². The van der Waals surface area contributed by atoms with Crippen LogP contribution in [0.5, 0.6) is 0 Å². The SMILES string of the molecule is C/C(=N/O)c1cc(Br)ccc1F. The molecule has 0 heterocycles. The van der Waals surface area contributed by atoms with Crippen LogP contribution in [0.1, 0.15) is 12.5 Å². The van der Waals surface area contributed by atoms with E-state index >= 15 is 0 Å². The number of rotatable bonds is 1. The van der Waals surface area contributed by atoms with Crippen molar-refractivity contribution in [2.75, 3.05) is 0 Å². The predicted molar refractivity (Wildman–Crippen MR) is 48.1 cm³/mol. The van der Waals surface area contributed by atoms with E-state index in [-0.39, 0.29) is 5.71 Å². The van der Waals surface area contributed by atoms with Crippen LogP contribution in [-0.2, 0) is 0 Å². The summed E-state index contributed by atoms with van der Waals surface area (Å²) in [7, 11) is 0. The molecule has 0 saturated heterocycles. The minimum atomic E-state index is -0.395. The smallest absolute Gasteiger partial charge is 0.132 e. The van der Waals surface area contributed by atoms with Gasteiger partial charge in [-0.05, 0) is 25.1 Å². The first-order valence-electron chi connectivity index (χ1n) is 3.29. The Kier molecular flexibility index (Phi) is 2.81. The lowest BCUT2D eigenvalue weighted by molar-refractivity contribution is 0.319. The van der Waals surface area contributed by atoms with Gasteiger partial charge in [-0.25, -0.2) is 4.39 Å². The van der Waals surface area contributed by atoms with Crippen LogP contribution in [0.25, 0.3) is 0 Å². The van der Waals surface area contributed by atoms with E-state index in [2.05, 4.69) is 21.1 Å². The number of nitrogens with zero attached hydrogens (tertiary/aromatic N) is 1. The molecule has 0 unspecified atom stereocenters. The molecule has 0 aliphatic carbocycles. The molecule has 64 valence electrons. The van der Waals surface area contributed by atoms with Gasteiger partial charge < -0.3 is 5.21 Å². The zero-order valence-electron chi connectivity index (χ0n) is 6.38. The maximum Gasteiger partial charge on any atom is 0.132 e. The van der Waals surface area contributed by atoms with Gasteiger partial charge in [0.05, 0.1) is 5.71 Å². The fourth-order valence-electron chi connectivity index (χ4n) is 0.829. The highest BCUT2D eigenvalue weighted by atomic mass is 79.9. The monoisotopic (exact) mass is 231 g/mol. The van der Waals surface area contributed by atoms with Crippen molar-refractivity contribution in [3.63, 3.8) is 0 Å². The molecule has 12 heavy (non-hydrogen) atoms. The van der Waals surface area contributed by atoms with Crippen molar-refractivity contribution in [2.45, 2.75) is 6.92 Å². The van der Waals surface area contributed by atoms with Crippen molar-refractivity contribution in [3.05, 3.63) is 34.1 Å². The fourth-order valence-corrected chi connectivity index (χ4v) is 1.19. The molecule has 2 nitrogen and oxygen atoms in total. The van der Waals surface area contributed by atoms with Gasteiger partial charge in [0.1, 0.15) is 5.82 Å². The Hall–Kier alpha value is -0.900. The van der Waals surface area contributed by atoms with Gasteiger partial charge in [0.25, 0.3) is 0 Å². The summed E-state index contributed by atoms with van der Waals surface area (Å²) in [5.74, 6) is -0.395. The zero-order chi connectivity index (χ0) is 9.14. The van der Waals surface area contributed by atoms with Crippen LogP contribution >= 0.6 is 15.9 Å². The molecule has 0 fully saturated rings. The van der Waals surface area contributed by atoms with Crippen LogP contribution in [0.15, 0.2) is 27.8 Å². The van der Waals surface area contributed by atoms with Crippen molar-refractivity contribution in [2.24, 2.45) is 5.16 Å². The standard InChI is InChI=1S/C8H7BrFNO/c1-5(11-12)7-4-6(9)2-3-8(7)10/h2-4,12H,1H3/b11-5-. The topological polar surface area (TPSA) is 32.6 Å². The van der Waals surface area contributed by atoms with E-state index in [1.165, 1.54) is 13.0 Å². The molecule has 0 amide bonds. The first kappa shape index (κ1) is 9.19. The number of benzene rings is 1. The average molecular weight is 232 g/mol. The van der Waals surface area contributed by atoms with Crippen LogP contribution in [0.4, 0.5) is 4.39 Å². The van der Waals surface area contributed by atoms with Gasteiger partial charge in [-0.1, -0.05) is 21.1 Å². The highest BCUT2D eigenvalue weighted by Crippen LogP contribution is 2.15. The highest BCUT2D eigenvalue weighted by molar-refractivity contribution is 9.10. The minimum Gasteiger partial charge on any atom is -0.411 e. The average Bonchev–Trinajstić information content (AvgIpc) is 2.08. The number of halogens is 2. The minimum absolute atomic E-state index is 0.258. The first-order valence-corrected chi connectivity index (χ1v) is 4.08. The molecule has 1 aromatic carbocycles.